The number of rotatable bonds is 4. The third kappa shape index (κ3) is 3.25. The Kier molecular flexibility index (Phi) is 4.34. The summed E-state index contributed by atoms with van der Waals surface area (Å²) in [5.74, 6) is 5.56. The van der Waals surface area contributed by atoms with E-state index in [0.29, 0.717) is 12.1 Å². The Morgan fingerprint density at radius 3 is 2.62 bits per heavy atom. The number of hydrogen-bond acceptors (Lipinski definition) is 3. The molecular weight excluding hydrogens is 281 g/mol. The number of nitrogens with zero attached hydrogens (tertiary/aromatic N) is 2. The van der Waals surface area contributed by atoms with E-state index >= 15 is 0 Å². The average molecular weight is 298 g/mol. The number of hydrogen-bond donors (Lipinski definition) is 2. The predicted molar refractivity (Wildman–Crippen MR) is 73.2 cm³/mol. The van der Waals surface area contributed by atoms with Gasteiger partial charge in [0.15, 0.2) is 0 Å². The van der Waals surface area contributed by atoms with Crippen LogP contribution in [0.4, 0.5) is 13.2 Å². The molecule has 0 spiro atoms. The maximum atomic E-state index is 12.8. The van der Waals surface area contributed by atoms with Gasteiger partial charge < -0.3 is 0 Å². The standard InChI is InChI=1S/C14H17F3N4/c1-3-21-12(7-9(2)20-21)13(19-18)10-5-4-6-11(8-10)14(15,16)17/h4-8,13,19H,3,18H2,1-2H3. The fraction of sp³-hybridized carbons (Fsp3) is 0.357. The number of hydrazine groups is 1. The van der Waals surface area contributed by atoms with Gasteiger partial charge in [0, 0.05) is 6.54 Å². The minimum atomic E-state index is -4.38. The first-order chi connectivity index (χ1) is 9.86. The molecule has 0 aliphatic rings. The lowest BCUT2D eigenvalue weighted by molar-refractivity contribution is -0.137. The number of aromatic nitrogens is 2. The molecule has 114 valence electrons. The van der Waals surface area contributed by atoms with Crippen molar-refractivity contribution >= 4 is 0 Å². The summed E-state index contributed by atoms with van der Waals surface area (Å²) in [7, 11) is 0. The SMILES string of the molecule is CCn1nc(C)cc1C(NN)c1cccc(C(F)(F)F)c1. The van der Waals surface area contributed by atoms with Gasteiger partial charge in [0.2, 0.25) is 0 Å². The van der Waals surface area contributed by atoms with Gasteiger partial charge in [-0.05, 0) is 37.6 Å². The molecular formula is C14H17F3N4. The van der Waals surface area contributed by atoms with Crippen molar-refractivity contribution in [1.29, 1.82) is 0 Å². The zero-order valence-corrected chi connectivity index (χ0v) is 11.8. The molecule has 2 aromatic rings. The van der Waals surface area contributed by atoms with Crippen LogP contribution in [0.1, 0.15) is 35.5 Å². The van der Waals surface area contributed by atoms with Gasteiger partial charge >= 0.3 is 6.18 Å². The van der Waals surface area contributed by atoms with Crippen molar-refractivity contribution in [3.8, 4) is 0 Å². The molecule has 0 radical (unpaired) electrons. The molecule has 1 aromatic carbocycles. The quantitative estimate of drug-likeness (QED) is 0.674. The second kappa shape index (κ2) is 5.87. The van der Waals surface area contributed by atoms with E-state index in [-0.39, 0.29) is 0 Å². The second-order valence-corrected chi connectivity index (χ2v) is 4.75. The van der Waals surface area contributed by atoms with E-state index in [2.05, 4.69) is 10.5 Å². The van der Waals surface area contributed by atoms with Crippen LogP contribution in [0, 0.1) is 6.92 Å². The van der Waals surface area contributed by atoms with E-state index in [0.717, 1.165) is 23.5 Å². The van der Waals surface area contributed by atoms with Gasteiger partial charge in [-0.15, -0.1) is 0 Å². The van der Waals surface area contributed by atoms with Crippen LogP contribution >= 0.6 is 0 Å². The van der Waals surface area contributed by atoms with E-state index in [4.69, 9.17) is 5.84 Å². The Hall–Kier alpha value is -1.86. The van der Waals surface area contributed by atoms with Crippen LogP contribution in [-0.4, -0.2) is 9.78 Å². The summed E-state index contributed by atoms with van der Waals surface area (Å²) in [6.45, 7) is 4.35. The summed E-state index contributed by atoms with van der Waals surface area (Å²) >= 11 is 0. The Balaban J connectivity index is 2.46. The van der Waals surface area contributed by atoms with Crippen LogP contribution in [0.2, 0.25) is 0 Å². The molecule has 1 atom stereocenters. The molecule has 4 nitrogen and oxygen atoms in total. The van der Waals surface area contributed by atoms with E-state index in [1.54, 1.807) is 10.7 Å². The van der Waals surface area contributed by atoms with Crippen LogP contribution in [0.5, 0.6) is 0 Å². The Labute approximate surface area is 120 Å². The minimum absolute atomic E-state index is 0.446. The van der Waals surface area contributed by atoms with Gasteiger partial charge in [-0.25, -0.2) is 5.43 Å². The maximum Gasteiger partial charge on any atom is 0.416 e. The molecule has 1 aromatic heterocycles. The highest BCUT2D eigenvalue weighted by Crippen LogP contribution is 2.32. The van der Waals surface area contributed by atoms with Crippen molar-refractivity contribution in [3.63, 3.8) is 0 Å². The Morgan fingerprint density at radius 2 is 2.05 bits per heavy atom. The molecule has 3 N–H and O–H groups in total. The van der Waals surface area contributed by atoms with Gasteiger partial charge in [0.05, 0.1) is 23.0 Å². The van der Waals surface area contributed by atoms with E-state index in [1.165, 1.54) is 6.07 Å². The second-order valence-electron chi connectivity index (χ2n) is 4.75. The van der Waals surface area contributed by atoms with Crippen molar-refractivity contribution in [3.05, 3.63) is 52.8 Å². The van der Waals surface area contributed by atoms with Crippen LogP contribution in [0.3, 0.4) is 0 Å². The maximum absolute atomic E-state index is 12.8. The molecule has 7 heteroatoms. The van der Waals surface area contributed by atoms with Gasteiger partial charge in [-0.3, -0.25) is 10.5 Å². The average Bonchev–Trinajstić information content (AvgIpc) is 2.80. The topological polar surface area (TPSA) is 55.9 Å². The van der Waals surface area contributed by atoms with Gasteiger partial charge in [-0.1, -0.05) is 12.1 Å². The lowest BCUT2D eigenvalue weighted by atomic mass is 10.0. The summed E-state index contributed by atoms with van der Waals surface area (Å²) in [4.78, 5) is 0. The Morgan fingerprint density at radius 1 is 1.33 bits per heavy atom. The summed E-state index contributed by atoms with van der Waals surface area (Å²) in [5.41, 5.74) is 3.85. The van der Waals surface area contributed by atoms with Crippen molar-refractivity contribution in [2.45, 2.75) is 32.6 Å². The van der Waals surface area contributed by atoms with E-state index in [1.807, 2.05) is 19.9 Å². The number of alkyl halides is 3. The summed E-state index contributed by atoms with van der Waals surface area (Å²) in [6, 6.07) is 6.40. The van der Waals surface area contributed by atoms with Crippen molar-refractivity contribution in [2.24, 2.45) is 5.84 Å². The molecule has 0 bridgehead atoms. The first-order valence-electron chi connectivity index (χ1n) is 6.54. The van der Waals surface area contributed by atoms with Crippen LogP contribution in [0.25, 0.3) is 0 Å². The Bertz CT molecular complexity index is 619. The summed E-state index contributed by atoms with van der Waals surface area (Å²) < 4.78 is 40.2. The highest BCUT2D eigenvalue weighted by Gasteiger charge is 2.31. The highest BCUT2D eigenvalue weighted by atomic mass is 19.4. The number of nitrogens with one attached hydrogen (secondary N) is 1. The molecule has 0 saturated heterocycles. The first kappa shape index (κ1) is 15.5. The number of benzene rings is 1. The van der Waals surface area contributed by atoms with Gasteiger partial charge in [0.25, 0.3) is 0 Å². The monoisotopic (exact) mass is 298 g/mol. The minimum Gasteiger partial charge on any atom is -0.271 e. The molecule has 0 saturated carbocycles. The van der Waals surface area contributed by atoms with Crippen LogP contribution in [0.15, 0.2) is 30.3 Å². The smallest absolute Gasteiger partial charge is 0.271 e. The van der Waals surface area contributed by atoms with Crippen molar-refractivity contribution < 1.29 is 13.2 Å². The third-order valence-corrected chi connectivity index (χ3v) is 3.24. The van der Waals surface area contributed by atoms with Crippen molar-refractivity contribution in [2.75, 3.05) is 0 Å². The fourth-order valence-corrected chi connectivity index (χ4v) is 2.30. The first-order valence-corrected chi connectivity index (χ1v) is 6.54. The zero-order chi connectivity index (χ0) is 15.6. The highest BCUT2D eigenvalue weighted by molar-refractivity contribution is 5.33. The molecule has 1 heterocycles. The number of nitrogens with two attached hydrogens (primary N) is 1. The molecule has 0 aliphatic heterocycles. The van der Waals surface area contributed by atoms with Gasteiger partial charge in [-0.2, -0.15) is 18.3 Å². The third-order valence-electron chi connectivity index (χ3n) is 3.24. The normalized spacial score (nSPS) is 13.4. The predicted octanol–water partition coefficient (Wildman–Crippen LogP) is 2.78. The van der Waals surface area contributed by atoms with Crippen LogP contribution < -0.4 is 11.3 Å². The number of halogens is 3. The lowest BCUT2D eigenvalue weighted by Crippen LogP contribution is -2.31. The molecule has 2 rings (SSSR count). The van der Waals surface area contributed by atoms with E-state index in [9.17, 15) is 13.2 Å². The largest absolute Gasteiger partial charge is 0.416 e. The van der Waals surface area contributed by atoms with E-state index < -0.39 is 17.8 Å². The lowest BCUT2D eigenvalue weighted by Gasteiger charge is -2.19. The van der Waals surface area contributed by atoms with Gasteiger partial charge in [0.1, 0.15) is 0 Å². The molecule has 0 amide bonds. The zero-order valence-electron chi connectivity index (χ0n) is 11.8. The number of aryl methyl sites for hydroxylation is 2. The summed E-state index contributed by atoms with van der Waals surface area (Å²) in [6.07, 6.45) is -4.38. The molecule has 21 heavy (non-hydrogen) atoms. The summed E-state index contributed by atoms with van der Waals surface area (Å²) in [5, 5.41) is 4.29. The molecule has 1 unspecified atom stereocenters. The van der Waals surface area contributed by atoms with Crippen molar-refractivity contribution in [1.82, 2.24) is 15.2 Å². The molecule has 0 aliphatic carbocycles. The molecule has 0 fully saturated rings. The fourth-order valence-electron chi connectivity index (χ4n) is 2.30. The van der Waals surface area contributed by atoms with Crippen LogP contribution in [-0.2, 0) is 12.7 Å².